The summed E-state index contributed by atoms with van der Waals surface area (Å²) in [6.45, 7) is 0. The van der Waals surface area contributed by atoms with Crippen molar-refractivity contribution in [1.29, 1.82) is 0 Å². The standard InChI is InChI=1S/C11H7Cl3N2/c12-8-1-2-9(13)11(14)10(8)6-3-7(15)5-16-4-6/h1-5H,15H2. The van der Waals surface area contributed by atoms with Crippen LogP contribution in [0.3, 0.4) is 0 Å². The van der Waals surface area contributed by atoms with Crippen LogP contribution in [0, 0.1) is 0 Å². The summed E-state index contributed by atoms with van der Waals surface area (Å²) in [4.78, 5) is 3.99. The van der Waals surface area contributed by atoms with E-state index in [1.165, 1.54) is 0 Å². The number of benzene rings is 1. The van der Waals surface area contributed by atoms with Gasteiger partial charge in [-0.05, 0) is 18.2 Å². The summed E-state index contributed by atoms with van der Waals surface area (Å²) in [7, 11) is 0. The molecule has 0 spiro atoms. The topological polar surface area (TPSA) is 38.9 Å². The quantitative estimate of drug-likeness (QED) is 0.787. The fraction of sp³-hybridized carbons (Fsp3) is 0. The normalized spacial score (nSPS) is 10.4. The average Bonchev–Trinajstić information content (AvgIpc) is 2.24. The molecule has 2 nitrogen and oxygen atoms in total. The Bertz CT molecular complexity index is 541. The molecule has 0 aliphatic rings. The predicted molar refractivity (Wildman–Crippen MR) is 69.1 cm³/mol. The molecule has 2 rings (SSSR count). The van der Waals surface area contributed by atoms with Crippen LogP contribution >= 0.6 is 34.8 Å². The monoisotopic (exact) mass is 272 g/mol. The van der Waals surface area contributed by atoms with Gasteiger partial charge in [0.05, 0.1) is 20.8 Å². The molecule has 2 N–H and O–H groups in total. The summed E-state index contributed by atoms with van der Waals surface area (Å²) < 4.78 is 0. The number of nitrogens with two attached hydrogens (primary N) is 1. The molecular weight excluding hydrogens is 266 g/mol. The molecular formula is C11H7Cl3N2. The Hall–Kier alpha value is -0.960. The second kappa shape index (κ2) is 4.50. The second-order valence-electron chi connectivity index (χ2n) is 3.23. The van der Waals surface area contributed by atoms with E-state index in [2.05, 4.69) is 4.98 Å². The third-order valence-corrected chi connectivity index (χ3v) is 3.21. The number of rotatable bonds is 1. The number of nitrogen functional groups attached to an aromatic ring is 1. The van der Waals surface area contributed by atoms with Crippen molar-refractivity contribution in [2.75, 3.05) is 5.73 Å². The minimum Gasteiger partial charge on any atom is -0.397 e. The SMILES string of the molecule is Nc1cncc(-c2c(Cl)ccc(Cl)c2Cl)c1. The second-order valence-corrected chi connectivity index (χ2v) is 4.42. The van der Waals surface area contributed by atoms with E-state index in [4.69, 9.17) is 40.5 Å². The van der Waals surface area contributed by atoms with E-state index in [9.17, 15) is 0 Å². The van der Waals surface area contributed by atoms with E-state index >= 15 is 0 Å². The van der Waals surface area contributed by atoms with Crippen LogP contribution in [0.2, 0.25) is 15.1 Å². The summed E-state index contributed by atoms with van der Waals surface area (Å²) in [6, 6.07) is 5.08. The fourth-order valence-electron chi connectivity index (χ4n) is 1.39. The highest BCUT2D eigenvalue weighted by atomic mass is 35.5. The van der Waals surface area contributed by atoms with Crippen LogP contribution in [0.5, 0.6) is 0 Å². The van der Waals surface area contributed by atoms with Crippen LogP contribution in [0.15, 0.2) is 30.6 Å². The van der Waals surface area contributed by atoms with Crippen LogP contribution < -0.4 is 5.73 Å². The highest BCUT2D eigenvalue weighted by Crippen LogP contribution is 2.39. The number of nitrogens with zero attached hydrogens (tertiary/aromatic N) is 1. The maximum atomic E-state index is 6.10. The lowest BCUT2D eigenvalue weighted by atomic mass is 10.1. The van der Waals surface area contributed by atoms with Crippen molar-refractivity contribution in [3.63, 3.8) is 0 Å². The van der Waals surface area contributed by atoms with Crippen molar-refractivity contribution < 1.29 is 0 Å². The van der Waals surface area contributed by atoms with E-state index in [0.29, 0.717) is 26.3 Å². The molecule has 0 bridgehead atoms. The minimum absolute atomic E-state index is 0.404. The van der Waals surface area contributed by atoms with Crippen molar-refractivity contribution in [1.82, 2.24) is 4.98 Å². The molecule has 0 aliphatic carbocycles. The Balaban J connectivity index is 2.68. The van der Waals surface area contributed by atoms with Gasteiger partial charge in [0.15, 0.2) is 0 Å². The van der Waals surface area contributed by atoms with Gasteiger partial charge in [-0.2, -0.15) is 0 Å². The lowest BCUT2D eigenvalue weighted by Crippen LogP contribution is -1.89. The molecule has 1 heterocycles. The zero-order valence-electron chi connectivity index (χ0n) is 8.05. The van der Waals surface area contributed by atoms with Gasteiger partial charge in [0.1, 0.15) is 0 Å². The predicted octanol–water partition coefficient (Wildman–Crippen LogP) is 4.29. The number of hydrogen-bond donors (Lipinski definition) is 1. The number of pyridine rings is 1. The Morgan fingerprint density at radius 2 is 1.69 bits per heavy atom. The largest absolute Gasteiger partial charge is 0.397 e. The number of hydrogen-bond acceptors (Lipinski definition) is 2. The molecule has 0 radical (unpaired) electrons. The number of anilines is 1. The first-order valence-corrected chi connectivity index (χ1v) is 5.57. The van der Waals surface area contributed by atoms with Gasteiger partial charge < -0.3 is 5.73 Å². The summed E-state index contributed by atoms with van der Waals surface area (Å²) in [5, 5.41) is 1.37. The van der Waals surface area contributed by atoms with E-state index in [0.717, 1.165) is 5.56 Å². The van der Waals surface area contributed by atoms with Gasteiger partial charge in [-0.3, -0.25) is 4.98 Å². The molecule has 1 aromatic carbocycles. The summed E-state index contributed by atoms with van der Waals surface area (Å²) in [6.07, 6.45) is 3.19. The van der Waals surface area contributed by atoms with Crippen LogP contribution in [-0.4, -0.2) is 4.98 Å². The molecule has 0 fully saturated rings. The van der Waals surface area contributed by atoms with Gasteiger partial charge in [-0.1, -0.05) is 34.8 Å². The molecule has 16 heavy (non-hydrogen) atoms. The smallest absolute Gasteiger partial charge is 0.0686 e. The first-order valence-electron chi connectivity index (χ1n) is 4.44. The maximum Gasteiger partial charge on any atom is 0.0686 e. The van der Waals surface area contributed by atoms with Gasteiger partial charge in [0, 0.05) is 23.5 Å². The van der Waals surface area contributed by atoms with Gasteiger partial charge in [0.25, 0.3) is 0 Å². The highest BCUT2D eigenvalue weighted by molar-refractivity contribution is 6.46. The van der Waals surface area contributed by atoms with Crippen LogP contribution in [0.4, 0.5) is 5.69 Å². The third-order valence-electron chi connectivity index (χ3n) is 2.09. The molecule has 5 heteroatoms. The first-order chi connectivity index (χ1) is 7.59. The Morgan fingerprint density at radius 3 is 2.38 bits per heavy atom. The lowest BCUT2D eigenvalue weighted by molar-refractivity contribution is 1.33. The van der Waals surface area contributed by atoms with E-state index < -0.39 is 0 Å². The van der Waals surface area contributed by atoms with E-state index in [-0.39, 0.29) is 0 Å². The van der Waals surface area contributed by atoms with Gasteiger partial charge >= 0.3 is 0 Å². The van der Waals surface area contributed by atoms with Crippen molar-refractivity contribution in [3.05, 3.63) is 45.7 Å². The van der Waals surface area contributed by atoms with Gasteiger partial charge in [-0.15, -0.1) is 0 Å². The van der Waals surface area contributed by atoms with Crippen molar-refractivity contribution in [3.8, 4) is 11.1 Å². The van der Waals surface area contributed by atoms with Gasteiger partial charge in [0.2, 0.25) is 0 Å². The van der Waals surface area contributed by atoms with Crippen LogP contribution in [0.25, 0.3) is 11.1 Å². The fourth-order valence-corrected chi connectivity index (χ4v) is 2.13. The van der Waals surface area contributed by atoms with Crippen molar-refractivity contribution in [2.24, 2.45) is 0 Å². The van der Waals surface area contributed by atoms with Crippen molar-refractivity contribution in [2.45, 2.75) is 0 Å². The molecule has 0 saturated heterocycles. The van der Waals surface area contributed by atoms with E-state index in [1.54, 1.807) is 30.6 Å². The lowest BCUT2D eigenvalue weighted by Gasteiger charge is -2.08. The molecule has 0 saturated carbocycles. The first kappa shape index (κ1) is 11.5. The molecule has 2 aromatic rings. The van der Waals surface area contributed by atoms with Gasteiger partial charge in [-0.25, -0.2) is 0 Å². The van der Waals surface area contributed by atoms with E-state index in [1.807, 2.05) is 0 Å². The zero-order chi connectivity index (χ0) is 11.7. The highest BCUT2D eigenvalue weighted by Gasteiger charge is 2.12. The minimum atomic E-state index is 0.404. The summed E-state index contributed by atoms with van der Waals surface area (Å²) in [5.41, 5.74) is 7.59. The third kappa shape index (κ3) is 2.09. The summed E-state index contributed by atoms with van der Waals surface area (Å²) in [5.74, 6) is 0. The molecule has 82 valence electrons. The Kier molecular flexibility index (Phi) is 3.24. The average molecular weight is 274 g/mol. The zero-order valence-corrected chi connectivity index (χ0v) is 10.3. The maximum absolute atomic E-state index is 6.10. The number of halogens is 3. The Labute approximate surface area is 108 Å². The molecule has 0 amide bonds. The number of aromatic nitrogens is 1. The van der Waals surface area contributed by atoms with Crippen LogP contribution in [-0.2, 0) is 0 Å². The molecule has 0 aliphatic heterocycles. The molecule has 1 aromatic heterocycles. The molecule has 0 unspecified atom stereocenters. The summed E-state index contributed by atoms with van der Waals surface area (Å²) >= 11 is 18.1. The molecule has 0 atom stereocenters. The van der Waals surface area contributed by atoms with Crippen molar-refractivity contribution >= 4 is 40.5 Å². The van der Waals surface area contributed by atoms with Crippen LogP contribution in [0.1, 0.15) is 0 Å². The Morgan fingerprint density at radius 1 is 1.00 bits per heavy atom.